The SMILES string of the molecule is O=C(CC1CCCNC1)NCCc1ccsc1. The largest absolute Gasteiger partial charge is 0.356 e. The normalized spacial score (nSPS) is 20.1. The summed E-state index contributed by atoms with van der Waals surface area (Å²) >= 11 is 1.71. The third kappa shape index (κ3) is 4.48. The van der Waals surface area contributed by atoms with E-state index in [1.165, 1.54) is 18.4 Å². The van der Waals surface area contributed by atoms with Gasteiger partial charge in [-0.15, -0.1) is 0 Å². The molecule has 2 rings (SSSR count). The zero-order chi connectivity index (χ0) is 11.9. The van der Waals surface area contributed by atoms with Crippen LogP contribution in [-0.2, 0) is 11.2 Å². The maximum Gasteiger partial charge on any atom is 0.220 e. The van der Waals surface area contributed by atoms with Gasteiger partial charge >= 0.3 is 0 Å². The van der Waals surface area contributed by atoms with Gasteiger partial charge in [0.15, 0.2) is 0 Å². The third-order valence-corrected chi connectivity index (χ3v) is 3.92. The van der Waals surface area contributed by atoms with E-state index in [-0.39, 0.29) is 5.91 Å². The number of hydrogen-bond acceptors (Lipinski definition) is 3. The van der Waals surface area contributed by atoms with Gasteiger partial charge in [0.1, 0.15) is 0 Å². The first kappa shape index (κ1) is 12.6. The van der Waals surface area contributed by atoms with Crippen LogP contribution in [0.1, 0.15) is 24.8 Å². The molecule has 1 fully saturated rings. The van der Waals surface area contributed by atoms with Crippen molar-refractivity contribution in [2.75, 3.05) is 19.6 Å². The molecule has 1 aliphatic rings. The summed E-state index contributed by atoms with van der Waals surface area (Å²) in [5.74, 6) is 0.735. The van der Waals surface area contributed by atoms with Crippen LogP contribution in [0.15, 0.2) is 16.8 Å². The number of piperidine rings is 1. The molecule has 1 saturated heterocycles. The maximum atomic E-state index is 11.7. The van der Waals surface area contributed by atoms with E-state index < -0.39 is 0 Å². The van der Waals surface area contributed by atoms with Crippen LogP contribution in [0.5, 0.6) is 0 Å². The van der Waals surface area contributed by atoms with Crippen LogP contribution < -0.4 is 10.6 Å². The fraction of sp³-hybridized carbons (Fsp3) is 0.615. The number of hydrogen-bond donors (Lipinski definition) is 2. The molecule has 1 unspecified atom stereocenters. The first-order valence-corrected chi connectivity index (χ1v) is 7.27. The number of carbonyl (C=O) groups excluding carboxylic acids is 1. The van der Waals surface area contributed by atoms with E-state index in [9.17, 15) is 4.79 Å². The van der Waals surface area contributed by atoms with Crippen molar-refractivity contribution in [2.24, 2.45) is 5.92 Å². The molecular formula is C13H20N2OS. The minimum absolute atomic E-state index is 0.203. The van der Waals surface area contributed by atoms with Gasteiger partial charge in [-0.25, -0.2) is 0 Å². The van der Waals surface area contributed by atoms with Crippen molar-refractivity contribution < 1.29 is 4.79 Å². The molecule has 17 heavy (non-hydrogen) atoms. The fourth-order valence-corrected chi connectivity index (χ4v) is 2.92. The highest BCUT2D eigenvalue weighted by molar-refractivity contribution is 7.07. The predicted octanol–water partition coefficient (Wildman–Crippen LogP) is 1.80. The predicted molar refractivity (Wildman–Crippen MR) is 71.2 cm³/mol. The van der Waals surface area contributed by atoms with Crippen LogP contribution in [0.25, 0.3) is 0 Å². The van der Waals surface area contributed by atoms with Crippen LogP contribution >= 0.6 is 11.3 Å². The van der Waals surface area contributed by atoms with E-state index in [0.717, 1.165) is 26.1 Å². The van der Waals surface area contributed by atoms with Crippen LogP contribution in [0.4, 0.5) is 0 Å². The molecule has 0 saturated carbocycles. The van der Waals surface area contributed by atoms with Crippen molar-refractivity contribution in [1.82, 2.24) is 10.6 Å². The summed E-state index contributed by atoms with van der Waals surface area (Å²) in [5, 5.41) is 10.6. The summed E-state index contributed by atoms with van der Waals surface area (Å²) in [4.78, 5) is 11.7. The maximum absolute atomic E-state index is 11.7. The lowest BCUT2D eigenvalue weighted by Crippen LogP contribution is -2.34. The molecule has 0 bridgehead atoms. The molecule has 0 spiro atoms. The molecule has 0 aromatic carbocycles. The summed E-state index contributed by atoms with van der Waals surface area (Å²) in [6, 6.07) is 2.11. The fourth-order valence-electron chi connectivity index (χ4n) is 2.21. The summed E-state index contributed by atoms with van der Waals surface area (Å²) in [7, 11) is 0. The molecule has 94 valence electrons. The first-order chi connectivity index (χ1) is 8.34. The Morgan fingerprint density at radius 1 is 1.59 bits per heavy atom. The van der Waals surface area contributed by atoms with Gasteiger partial charge in [0.2, 0.25) is 5.91 Å². The summed E-state index contributed by atoms with van der Waals surface area (Å²) in [5.41, 5.74) is 1.31. The van der Waals surface area contributed by atoms with Crippen molar-refractivity contribution >= 4 is 17.2 Å². The Bertz CT molecular complexity index is 331. The average molecular weight is 252 g/mol. The van der Waals surface area contributed by atoms with Gasteiger partial charge in [-0.3, -0.25) is 4.79 Å². The topological polar surface area (TPSA) is 41.1 Å². The Labute approximate surface area is 107 Å². The van der Waals surface area contributed by atoms with Gasteiger partial charge in [-0.05, 0) is 60.7 Å². The van der Waals surface area contributed by atoms with Crippen molar-refractivity contribution in [1.29, 1.82) is 0 Å². The van der Waals surface area contributed by atoms with Gasteiger partial charge in [0.05, 0.1) is 0 Å². The quantitative estimate of drug-likeness (QED) is 0.839. The number of thiophene rings is 1. The Morgan fingerprint density at radius 3 is 3.24 bits per heavy atom. The second-order valence-electron chi connectivity index (χ2n) is 4.65. The van der Waals surface area contributed by atoms with E-state index in [2.05, 4.69) is 27.5 Å². The zero-order valence-electron chi connectivity index (χ0n) is 10.1. The second kappa shape index (κ2) is 6.77. The highest BCUT2D eigenvalue weighted by Gasteiger charge is 2.16. The van der Waals surface area contributed by atoms with Gasteiger partial charge in [-0.2, -0.15) is 11.3 Å². The molecule has 2 N–H and O–H groups in total. The number of amides is 1. The molecule has 0 aliphatic carbocycles. The average Bonchev–Trinajstić information content (AvgIpc) is 2.83. The van der Waals surface area contributed by atoms with Crippen molar-refractivity contribution in [3.63, 3.8) is 0 Å². The van der Waals surface area contributed by atoms with Crippen LogP contribution in [0.2, 0.25) is 0 Å². The summed E-state index contributed by atoms with van der Waals surface area (Å²) in [6.07, 6.45) is 4.01. The lowest BCUT2D eigenvalue weighted by Gasteiger charge is -2.22. The minimum atomic E-state index is 0.203. The molecular weight excluding hydrogens is 232 g/mol. The standard InChI is InChI=1S/C13H20N2OS/c16-13(8-12-2-1-5-14-9-12)15-6-3-11-4-7-17-10-11/h4,7,10,12,14H,1-3,5-6,8-9H2,(H,15,16). The number of carbonyl (C=O) groups is 1. The minimum Gasteiger partial charge on any atom is -0.356 e. The molecule has 4 heteroatoms. The molecule has 1 aromatic heterocycles. The van der Waals surface area contributed by atoms with E-state index in [0.29, 0.717) is 12.3 Å². The molecule has 0 radical (unpaired) electrons. The lowest BCUT2D eigenvalue weighted by molar-refractivity contribution is -0.122. The highest BCUT2D eigenvalue weighted by atomic mass is 32.1. The van der Waals surface area contributed by atoms with Gasteiger partial charge < -0.3 is 10.6 Å². The van der Waals surface area contributed by atoms with Crippen LogP contribution in [-0.4, -0.2) is 25.5 Å². The Hall–Kier alpha value is -0.870. The number of nitrogens with one attached hydrogen (secondary N) is 2. The Kier molecular flexibility index (Phi) is 5.01. The van der Waals surface area contributed by atoms with Crippen molar-refractivity contribution in [2.45, 2.75) is 25.7 Å². The van der Waals surface area contributed by atoms with Crippen LogP contribution in [0.3, 0.4) is 0 Å². The second-order valence-corrected chi connectivity index (χ2v) is 5.43. The summed E-state index contributed by atoms with van der Waals surface area (Å²) in [6.45, 7) is 2.87. The van der Waals surface area contributed by atoms with Gasteiger partial charge in [-0.1, -0.05) is 0 Å². The van der Waals surface area contributed by atoms with Gasteiger partial charge in [0.25, 0.3) is 0 Å². The molecule has 1 aromatic rings. The smallest absolute Gasteiger partial charge is 0.220 e. The first-order valence-electron chi connectivity index (χ1n) is 6.33. The highest BCUT2D eigenvalue weighted by Crippen LogP contribution is 2.13. The van der Waals surface area contributed by atoms with E-state index in [1.807, 2.05) is 0 Å². The lowest BCUT2D eigenvalue weighted by atomic mass is 9.96. The Balaban J connectivity index is 1.60. The van der Waals surface area contributed by atoms with Crippen molar-refractivity contribution in [3.8, 4) is 0 Å². The van der Waals surface area contributed by atoms with Crippen LogP contribution in [0, 0.1) is 5.92 Å². The van der Waals surface area contributed by atoms with E-state index in [4.69, 9.17) is 0 Å². The van der Waals surface area contributed by atoms with Crippen molar-refractivity contribution in [3.05, 3.63) is 22.4 Å². The molecule has 1 amide bonds. The summed E-state index contributed by atoms with van der Waals surface area (Å²) < 4.78 is 0. The van der Waals surface area contributed by atoms with E-state index >= 15 is 0 Å². The van der Waals surface area contributed by atoms with Gasteiger partial charge in [0, 0.05) is 13.0 Å². The third-order valence-electron chi connectivity index (χ3n) is 3.19. The molecule has 1 atom stereocenters. The molecule has 1 aliphatic heterocycles. The monoisotopic (exact) mass is 252 g/mol. The van der Waals surface area contributed by atoms with E-state index in [1.54, 1.807) is 11.3 Å². The zero-order valence-corrected chi connectivity index (χ0v) is 10.9. The molecule has 3 nitrogen and oxygen atoms in total. The Morgan fingerprint density at radius 2 is 2.53 bits per heavy atom. The molecule has 2 heterocycles. The number of rotatable bonds is 5.